The third kappa shape index (κ3) is 1.69. The molecule has 2 aromatic rings. The smallest absolute Gasteiger partial charge is 0.103 e. The minimum atomic E-state index is 0.359. The van der Waals surface area contributed by atoms with Gasteiger partial charge in [-0.15, -0.1) is 0 Å². The molecule has 1 unspecified atom stereocenters. The summed E-state index contributed by atoms with van der Waals surface area (Å²) in [6, 6.07) is 17.2. The van der Waals surface area contributed by atoms with Crippen LogP contribution in [0.1, 0.15) is 16.5 Å². The minimum absolute atomic E-state index is 0.359. The molecule has 0 amide bonds. The van der Waals surface area contributed by atoms with Crippen molar-refractivity contribution in [1.29, 1.82) is 0 Å². The summed E-state index contributed by atoms with van der Waals surface area (Å²) in [5.41, 5.74) is 3.91. The third-order valence-electron chi connectivity index (χ3n) is 2.76. The van der Waals surface area contributed by atoms with Gasteiger partial charge >= 0.3 is 0 Å². The van der Waals surface area contributed by atoms with Crippen LogP contribution in [0.2, 0.25) is 0 Å². The van der Waals surface area contributed by atoms with E-state index in [9.17, 15) is 0 Å². The van der Waals surface area contributed by atoms with Gasteiger partial charge in [0.25, 0.3) is 0 Å². The van der Waals surface area contributed by atoms with Gasteiger partial charge in [0.05, 0.1) is 0 Å². The van der Waals surface area contributed by atoms with Crippen LogP contribution in [0.25, 0.3) is 0 Å². The van der Waals surface area contributed by atoms with Crippen molar-refractivity contribution in [3.8, 4) is 0 Å². The van der Waals surface area contributed by atoms with Gasteiger partial charge in [-0.25, -0.2) is 0 Å². The summed E-state index contributed by atoms with van der Waals surface area (Å²) in [5, 5.41) is 3.90. The van der Waals surface area contributed by atoms with Crippen LogP contribution < -0.4 is 5.32 Å². The van der Waals surface area contributed by atoms with Crippen molar-refractivity contribution < 1.29 is 0 Å². The molecule has 1 heterocycles. The third-order valence-corrected chi connectivity index (χ3v) is 4.00. The zero-order chi connectivity index (χ0) is 11.0. The molecular formula is C14H13NS. The lowest BCUT2D eigenvalue weighted by Gasteiger charge is -2.11. The Kier molecular flexibility index (Phi) is 2.37. The largest absolute Gasteiger partial charge is 0.368 e. The number of hydrogen-bond donors (Lipinski definition) is 1. The zero-order valence-corrected chi connectivity index (χ0v) is 9.92. The van der Waals surface area contributed by atoms with E-state index >= 15 is 0 Å². The fourth-order valence-corrected chi connectivity index (χ4v) is 3.10. The molecule has 3 rings (SSSR count). The van der Waals surface area contributed by atoms with Crippen molar-refractivity contribution in [1.82, 2.24) is 0 Å². The molecule has 1 N–H and O–H groups in total. The van der Waals surface area contributed by atoms with E-state index in [2.05, 4.69) is 60.8 Å². The number of nitrogens with one attached hydrogen (secondary N) is 1. The Balaban J connectivity index is 1.91. The molecule has 1 atom stereocenters. The molecule has 0 radical (unpaired) electrons. The van der Waals surface area contributed by atoms with Gasteiger partial charge in [0.1, 0.15) is 5.37 Å². The van der Waals surface area contributed by atoms with E-state index < -0.39 is 0 Å². The van der Waals surface area contributed by atoms with Crippen molar-refractivity contribution in [3.05, 3.63) is 59.7 Å². The Morgan fingerprint density at radius 3 is 2.75 bits per heavy atom. The van der Waals surface area contributed by atoms with E-state index in [1.54, 1.807) is 0 Å². The maximum Gasteiger partial charge on any atom is 0.103 e. The van der Waals surface area contributed by atoms with Gasteiger partial charge in [0, 0.05) is 10.6 Å². The number of hydrogen-bond acceptors (Lipinski definition) is 2. The van der Waals surface area contributed by atoms with Gasteiger partial charge in [-0.2, -0.15) is 0 Å². The summed E-state index contributed by atoms with van der Waals surface area (Å²) in [6.07, 6.45) is 0. The molecule has 0 aromatic heterocycles. The second kappa shape index (κ2) is 3.87. The number of aryl methyl sites for hydroxylation is 1. The van der Waals surface area contributed by atoms with E-state index in [-0.39, 0.29) is 0 Å². The second-order valence-corrected chi connectivity index (χ2v) is 5.20. The predicted octanol–water partition coefficient (Wildman–Crippen LogP) is 4.21. The lowest BCUT2D eigenvalue weighted by molar-refractivity contribution is 1.13. The molecule has 0 spiro atoms. The summed E-state index contributed by atoms with van der Waals surface area (Å²) < 4.78 is 0. The molecule has 2 heteroatoms. The number of rotatable bonds is 1. The van der Waals surface area contributed by atoms with Crippen molar-refractivity contribution in [2.24, 2.45) is 0 Å². The topological polar surface area (TPSA) is 12.0 Å². The van der Waals surface area contributed by atoms with E-state index in [1.165, 1.54) is 21.7 Å². The molecule has 0 fully saturated rings. The van der Waals surface area contributed by atoms with Crippen LogP contribution in [0.15, 0.2) is 53.4 Å². The molecule has 0 saturated carbocycles. The Labute approximate surface area is 99.9 Å². The highest BCUT2D eigenvalue weighted by Crippen LogP contribution is 2.46. The molecule has 80 valence electrons. The quantitative estimate of drug-likeness (QED) is 0.783. The standard InChI is InChI=1S/C14H13NS/c1-10-5-4-6-11(9-10)14-15-12-7-2-3-8-13(12)16-14/h2-9,14-15H,1H3. The zero-order valence-electron chi connectivity index (χ0n) is 9.10. The van der Waals surface area contributed by atoms with Crippen molar-refractivity contribution in [3.63, 3.8) is 0 Å². The van der Waals surface area contributed by atoms with E-state index in [4.69, 9.17) is 0 Å². The summed E-state index contributed by atoms with van der Waals surface area (Å²) >= 11 is 1.89. The van der Waals surface area contributed by atoms with Crippen LogP contribution in [0.3, 0.4) is 0 Å². The van der Waals surface area contributed by atoms with Gasteiger partial charge in [0.2, 0.25) is 0 Å². The van der Waals surface area contributed by atoms with Crippen molar-refractivity contribution >= 4 is 17.4 Å². The maximum atomic E-state index is 3.54. The first-order valence-electron chi connectivity index (χ1n) is 5.42. The molecule has 16 heavy (non-hydrogen) atoms. The lowest BCUT2D eigenvalue weighted by Crippen LogP contribution is -2.00. The molecular weight excluding hydrogens is 214 g/mol. The molecule has 0 saturated heterocycles. The minimum Gasteiger partial charge on any atom is -0.368 e. The molecule has 0 aliphatic carbocycles. The van der Waals surface area contributed by atoms with Gasteiger partial charge < -0.3 is 5.32 Å². The van der Waals surface area contributed by atoms with Gasteiger partial charge in [-0.3, -0.25) is 0 Å². The number of thioether (sulfide) groups is 1. The van der Waals surface area contributed by atoms with Crippen molar-refractivity contribution in [2.45, 2.75) is 17.2 Å². The number of para-hydroxylation sites is 1. The first-order chi connectivity index (χ1) is 7.83. The van der Waals surface area contributed by atoms with E-state index in [0.717, 1.165) is 0 Å². The maximum absolute atomic E-state index is 3.54. The molecule has 1 aliphatic rings. The first-order valence-corrected chi connectivity index (χ1v) is 6.30. The summed E-state index contributed by atoms with van der Waals surface area (Å²) in [7, 11) is 0. The highest BCUT2D eigenvalue weighted by Gasteiger charge is 2.21. The highest BCUT2D eigenvalue weighted by atomic mass is 32.2. The highest BCUT2D eigenvalue weighted by molar-refractivity contribution is 8.00. The normalized spacial score (nSPS) is 17.9. The van der Waals surface area contributed by atoms with Crippen LogP contribution in [0.4, 0.5) is 5.69 Å². The summed E-state index contributed by atoms with van der Waals surface area (Å²) in [5.74, 6) is 0. The van der Waals surface area contributed by atoms with E-state index in [0.29, 0.717) is 5.37 Å². The van der Waals surface area contributed by atoms with Gasteiger partial charge in [-0.1, -0.05) is 53.7 Å². The van der Waals surface area contributed by atoms with Gasteiger partial charge in [-0.05, 0) is 24.6 Å². The van der Waals surface area contributed by atoms with Crippen molar-refractivity contribution in [2.75, 3.05) is 5.32 Å². The lowest BCUT2D eigenvalue weighted by atomic mass is 10.1. The number of fused-ring (bicyclic) bond motifs is 1. The Bertz CT molecular complexity index is 497. The Morgan fingerprint density at radius 1 is 1.06 bits per heavy atom. The van der Waals surface area contributed by atoms with Crippen LogP contribution in [0, 0.1) is 6.92 Å². The number of benzene rings is 2. The number of anilines is 1. The SMILES string of the molecule is Cc1cccc(C2Nc3ccccc3S2)c1. The monoisotopic (exact) mass is 227 g/mol. The van der Waals surface area contributed by atoms with Crippen LogP contribution >= 0.6 is 11.8 Å². The molecule has 0 bridgehead atoms. The molecule has 1 nitrogen and oxygen atoms in total. The molecule has 2 aromatic carbocycles. The van der Waals surface area contributed by atoms with Gasteiger partial charge in [0.15, 0.2) is 0 Å². The summed E-state index contributed by atoms with van der Waals surface area (Å²) in [6.45, 7) is 2.14. The van der Waals surface area contributed by atoms with Crippen LogP contribution in [0.5, 0.6) is 0 Å². The second-order valence-electron chi connectivity index (χ2n) is 4.05. The van der Waals surface area contributed by atoms with E-state index in [1.807, 2.05) is 11.8 Å². The Hall–Kier alpha value is -1.41. The molecule has 1 aliphatic heterocycles. The fraction of sp³-hybridized carbons (Fsp3) is 0.143. The fourth-order valence-electron chi connectivity index (χ4n) is 1.97. The average Bonchev–Trinajstić information content (AvgIpc) is 2.72. The predicted molar refractivity (Wildman–Crippen MR) is 69.8 cm³/mol. The summed E-state index contributed by atoms with van der Waals surface area (Å²) in [4.78, 5) is 1.34. The Morgan fingerprint density at radius 2 is 1.94 bits per heavy atom. The van der Waals surface area contributed by atoms with Crippen LogP contribution in [-0.2, 0) is 0 Å². The van der Waals surface area contributed by atoms with Crippen LogP contribution in [-0.4, -0.2) is 0 Å². The first kappa shape index (κ1) is 9.79. The average molecular weight is 227 g/mol.